The molecule has 0 radical (unpaired) electrons. The van der Waals surface area contributed by atoms with Crippen molar-refractivity contribution < 1.29 is 9.18 Å². The molecular formula is C13H13FN2OS. The first-order valence-electron chi connectivity index (χ1n) is 5.47. The minimum absolute atomic E-state index is 0.00704. The van der Waals surface area contributed by atoms with Gasteiger partial charge in [-0.2, -0.15) is 0 Å². The molecular weight excluding hydrogens is 251 g/mol. The zero-order chi connectivity index (χ0) is 13.1. The molecule has 0 unspecified atom stereocenters. The van der Waals surface area contributed by atoms with Crippen molar-refractivity contribution >= 4 is 22.9 Å². The van der Waals surface area contributed by atoms with Gasteiger partial charge in [0, 0.05) is 10.6 Å². The lowest BCUT2D eigenvalue weighted by atomic mass is 10.1. The molecule has 3 nitrogen and oxygen atoms in total. The largest absolute Gasteiger partial charge is 0.399 e. The summed E-state index contributed by atoms with van der Waals surface area (Å²) in [6.45, 7) is 1.86. The fourth-order valence-electron chi connectivity index (χ4n) is 1.60. The highest BCUT2D eigenvalue weighted by Crippen LogP contribution is 2.19. The second-order valence-electron chi connectivity index (χ2n) is 3.95. The Labute approximate surface area is 108 Å². The van der Waals surface area contributed by atoms with E-state index in [1.165, 1.54) is 12.1 Å². The van der Waals surface area contributed by atoms with E-state index in [-0.39, 0.29) is 11.6 Å². The number of anilines is 1. The highest BCUT2D eigenvalue weighted by atomic mass is 32.1. The van der Waals surface area contributed by atoms with Crippen LogP contribution in [0.15, 0.2) is 35.7 Å². The third-order valence-corrected chi connectivity index (χ3v) is 3.61. The highest BCUT2D eigenvalue weighted by molar-refractivity contribution is 7.10. The van der Waals surface area contributed by atoms with Crippen LogP contribution in [-0.4, -0.2) is 5.91 Å². The summed E-state index contributed by atoms with van der Waals surface area (Å²) in [6.07, 6.45) is 0. The van der Waals surface area contributed by atoms with Crippen LogP contribution in [0.4, 0.5) is 10.1 Å². The van der Waals surface area contributed by atoms with E-state index in [1.807, 2.05) is 24.4 Å². The second kappa shape index (κ2) is 5.18. The van der Waals surface area contributed by atoms with Crippen molar-refractivity contribution in [3.63, 3.8) is 0 Å². The van der Waals surface area contributed by atoms with Crippen LogP contribution in [0.25, 0.3) is 0 Å². The number of amides is 1. The first kappa shape index (κ1) is 12.6. The number of carbonyl (C=O) groups excluding carboxylic acids is 1. The zero-order valence-electron chi connectivity index (χ0n) is 9.81. The van der Waals surface area contributed by atoms with Gasteiger partial charge in [-0.25, -0.2) is 4.39 Å². The Balaban J connectivity index is 2.12. The molecule has 0 spiro atoms. The van der Waals surface area contributed by atoms with Gasteiger partial charge in [0.2, 0.25) is 0 Å². The van der Waals surface area contributed by atoms with Crippen LogP contribution in [0.5, 0.6) is 0 Å². The van der Waals surface area contributed by atoms with E-state index in [0.717, 1.165) is 10.9 Å². The van der Waals surface area contributed by atoms with E-state index >= 15 is 0 Å². The fourth-order valence-corrected chi connectivity index (χ4v) is 2.33. The van der Waals surface area contributed by atoms with Crippen LogP contribution in [0.1, 0.15) is 28.2 Å². The number of benzene rings is 1. The maximum absolute atomic E-state index is 13.6. The summed E-state index contributed by atoms with van der Waals surface area (Å²) in [5.74, 6) is -1.04. The molecule has 0 aliphatic carbocycles. The molecule has 0 fully saturated rings. The molecule has 5 heteroatoms. The van der Waals surface area contributed by atoms with Gasteiger partial charge >= 0.3 is 0 Å². The topological polar surface area (TPSA) is 55.1 Å². The standard InChI is InChI=1S/C13H13FN2OS/c1-8(12-3-2-6-18-12)16-13(17)10-5-4-9(15)7-11(10)14/h2-8H,15H2,1H3,(H,16,17)/t8-/m1/s1. The Hall–Kier alpha value is -1.88. The van der Waals surface area contributed by atoms with Gasteiger partial charge in [-0.05, 0) is 36.6 Å². The molecule has 0 saturated heterocycles. The SMILES string of the molecule is C[C@@H](NC(=O)c1ccc(N)cc1F)c1cccs1. The van der Waals surface area contributed by atoms with E-state index in [2.05, 4.69) is 5.32 Å². The minimum Gasteiger partial charge on any atom is -0.399 e. The minimum atomic E-state index is -0.606. The van der Waals surface area contributed by atoms with Crippen LogP contribution >= 0.6 is 11.3 Å². The van der Waals surface area contributed by atoms with E-state index in [0.29, 0.717) is 5.69 Å². The van der Waals surface area contributed by atoms with Gasteiger partial charge in [0.25, 0.3) is 5.91 Å². The van der Waals surface area contributed by atoms with Crippen molar-refractivity contribution in [2.24, 2.45) is 0 Å². The van der Waals surface area contributed by atoms with Crippen molar-refractivity contribution in [1.29, 1.82) is 0 Å². The van der Waals surface area contributed by atoms with Crippen molar-refractivity contribution in [1.82, 2.24) is 5.32 Å². The molecule has 0 aliphatic heterocycles. The van der Waals surface area contributed by atoms with E-state index in [9.17, 15) is 9.18 Å². The molecule has 1 atom stereocenters. The van der Waals surface area contributed by atoms with Crippen LogP contribution in [0, 0.1) is 5.82 Å². The van der Waals surface area contributed by atoms with Crippen LogP contribution in [0.2, 0.25) is 0 Å². The third-order valence-electron chi connectivity index (χ3n) is 2.56. The molecule has 18 heavy (non-hydrogen) atoms. The Morgan fingerprint density at radius 3 is 2.83 bits per heavy atom. The number of hydrogen-bond acceptors (Lipinski definition) is 3. The average molecular weight is 264 g/mol. The van der Waals surface area contributed by atoms with Crippen LogP contribution < -0.4 is 11.1 Å². The highest BCUT2D eigenvalue weighted by Gasteiger charge is 2.15. The molecule has 0 bridgehead atoms. The van der Waals surface area contributed by atoms with Crippen LogP contribution in [-0.2, 0) is 0 Å². The Morgan fingerprint density at radius 1 is 1.44 bits per heavy atom. The van der Waals surface area contributed by atoms with Crippen molar-refractivity contribution in [2.75, 3.05) is 5.73 Å². The predicted octanol–water partition coefficient (Wildman–Crippen LogP) is 2.96. The number of halogens is 1. The van der Waals surface area contributed by atoms with E-state index in [4.69, 9.17) is 5.73 Å². The maximum Gasteiger partial charge on any atom is 0.254 e. The van der Waals surface area contributed by atoms with Crippen molar-refractivity contribution in [3.8, 4) is 0 Å². The fraction of sp³-hybridized carbons (Fsp3) is 0.154. The Kier molecular flexibility index (Phi) is 3.62. The average Bonchev–Trinajstić information content (AvgIpc) is 2.81. The van der Waals surface area contributed by atoms with Crippen LogP contribution in [0.3, 0.4) is 0 Å². The van der Waals surface area contributed by atoms with Crippen molar-refractivity contribution in [2.45, 2.75) is 13.0 Å². The molecule has 2 rings (SSSR count). The van der Waals surface area contributed by atoms with Crippen molar-refractivity contribution in [3.05, 3.63) is 52.0 Å². The number of carbonyl (C=O) groups is 1. The predicted molar refractivity (Wildman–Crippen MR) is 71.0 cm³/mol. The normalized spacial score (nSPS) is 12.1. The summed E-state index contributed by atoms with van der Waals surface area (Å²) >= 11 is 1.55. The molecule has 0 aliphatic rings. The molecule has 0 saturated carbocycles. The smallest absolute Gasteiger partial charge is 0.254 e. The number of nitrogen functional groups attached to an aromatic ring is 1. The van der Waals surface area contributed by atoms with Gasteiger partial charge in [0.15, 0.2) is 0 Å². The summed E-state index contributed by atoms with van der Waals surface area (Å²) in [7, 11) is 0. The first-order chi connectivity index (χ1) is 8.58. The maximum atomic E-state index is 13.6. The lowest BCUT2D eigenvalue weighted by Crippen LogP contribution is -2.26. The molecule has 1 heterocycles. The van der Waals surface area contributed by atoms with E-state index in [1.54, 1.807) is 11.3 Å². The number of rotatable bonds is 3. The van der Waals surface area contributed by atoms with Gasteiger partial charge < -0.3 is 11.1 Å². The summed E-state index contributed by atoms with van der Waals surface area (Å²) in [5.41, 5.74) is 5.74. The number of hydrogen-bond donors (Lipinski definition) is 2. The molecule has 1 aromatic carbocycles. The van der Waals surface area contributed by atoms with Gasteiger partial charge in [-0.15, -0.1) is 11.3 Å². The molecule has 1 amide bonds. The molecule has 2 aromatic rings. The number of nitrogens with two attached hydrogens (primary N) is 1. The summed E-state index contributed by atoms with van der Waals surface area (Å²) in [5, 5.41) is 4.68. The summed E-state index contributed by atoms with van der Waals surface area (Å²) in [6, 6.07) is 7.73. The number of thiophene rings is 1. The van der Waals surface area contributed by atoms with Gasteiger partial charge in [0.1, 0.15) is 5.82 Å². The first-order valence-corrected chi connectivity index (χ1v) is 6.35. The molecule has 94 valence electrons. The quantitative estimate of drug-likeness (QED) is 0.837. The summed E-state index contributed by atoms with van der Waals surface area (Å²) in [4.78, 5) is 12.9. The lowest BCUT2D eigenvalue weighted by Gasteiger charge is -2.12. The van der Waals surface area contributed by atoms with Gasteiger partial charge in [-0.3, -0.25) is 4.79 Å². The summed E-state index contributed by atoms with van der Waals surface area (Å²) < 4.78 is 13.6. The molecule has 1 aromatic heterocycles. The Bertz CT molecular complexity index is 554. The van der Waals surface area contributed by atoms with Gasteiger partial charge in [0.05, 0.1) is 11.6 Å². The van der Waals surface area contributed by atoms with E-state index < -0.39 is 11.7 Å². The lowest BCUT2D eigenvalue weighted by molar-refractivity contribution is 0.0936. The third kappa shape index (κ3) is 2.68. The van der Waals surface area contributed by atoms with Gasteiger partial charge in [-0.1, -0.05) is 6.07 Å². The zero-order valence-corrected chi connectivity index (χ0v) is 10.6. The monoisotopic (exact) mass is 264 g/mol. The Morgan fingerprint density at radius 2 is 2.22 bits per heavy atom. The number of nitrogens with one attached hydrogen (secondary N) is 1. The second-order valence-corrected chi connectivity index (χ2v) is 4.93. The molecule has 3 N–H and O–H groups in total.